The van der Waals surface area contributed by atoms with E-state index in [9.17, 15) is 4.79 Å². The first-order valence-electron chi connectivity index (χ1n) is 4.17. The van der Waals surface area contributed by atoms with Crippen LogP contribution < -0.4 is 4.25 Å². The molecule has 1 heterocycles. The molecule has 1 aromatic rings. The Kier molecular flexibility index (Phi) is 2.03. The molecule has 0 N–H and O–H groups in total. The lowest BCUT2D eigenvalue weighted by Crippen LogP contribution is -2.39. The number of nitrogens with zero attached hydrogens (tertiary/aromatic N) is 1. The first kappa shape index (κ1) is 8.61. The average molecular weight is 192 g/mol. The first-order chi connectivity index (χ1) is 6.23. The van der Waals surface area contributed by atoms with Gasteiger partial charge in [0.15, 0.2) is 0 Å². The lowest BCUT2D eigenvalue weighted by atomic mass is 10.3. The molecule has 0 saturated carbocycles. The van der Waals surface area contributed by atoms with Crippen molar-refractivity contribution in [3.8, 4) is 0 Å². The number of amides is 1. The fourth-order valence-electron chi connectivity index (χ4n) is 1.47. The minimum Gasteiger partial charge on any atom is -0.226 e. The Hall–Kier alpha value is -0.980. The van der Waals surface area contributed by atoms with Crippen LogP contribution in [0.15, 0.2) is 42.5 Å². The van der Waals surface area contributed by atoms with Gasteiger partial charge in [-0.1, -0.05) is 18.2 Å². The second-order valence-electron chi connectivity index (χ2n) is 3.13. The number of carbonyl (C=O) groups is 1. The number of benzene rings is 1. The van der Waals surface area contributed by atoms with Gasteiger partial charge in [0.25, 0.3) is 0 Å². The normalized spacial score (nSPS) is 26.7. The van der Waals surface area contributed by atoms with Crippen LogP contribution in [0.3, 0.4) is 0 Å². The van der Waals surface area contributed by atoms with Crippen molar-refractivity contribution >= 4 is 21.0 Å². The smallest absolute Gasteiger partial charge is 0.226 e. The Morgan fingerprint density at radius 2 is 1.92 bits per heavy atom. The molecule has 13 heavy (non-hydrogen) atoms. The van der Waals surface area contributed by atoms with Gasteiger partial charge in [-0.05, 0) is 18.2 Å². The summed E-state index contributed by atoms with van der Waals surface area (Å²) in [5, 5.41) is 0. The Bertz CT molecular complexity index is 360. The van der Waals surface area contributed by atoms with Gasteiger partial charge in [-0.2, -0.15) is 0 Å². The van der Waals surface area contributed by atoms with Crippen LogP contribution in [0.25, 0.3) is 0 Å². The van der Waals surface area contributed by atoms with Gasteiger partial charge >= 0.3 is 5.91 Å². The van der Waals surface area contributed by atoms with Crippen LogP contribution >= 0.6 is 9.39 Å². The van der Waals surface area contributed by atoms with Crippen LogP contribution in [0.1, 0.15) is 0 Å². The van der Waals surface area contributed by atoms with Gasteiger partial charge in [0, 0.05) is 6.08 Å². The van der Waals surface area contributed by atoms with Crippen LogP contribution in [0.5, 0.6) is 0 Å². The molecule has 0 bridgehead atoms. The van der Waals surface area contributed by atoms with Gasteiger partial charge < -0.3 is 0 Å². The fourth-order valence-corrected chi connectivity index (χ4v) is 1.85. The van der Waals surface area contributed by atoms with E-state index in [0.29, 0.717) is 4.25 Å². The van der Waals surface area contributed by atoms with E-state index in [1.807, 2.05) is 36.4 Å². The molecule has 2 unspecified atom stereocenters. The summed E-state index contributed by atoms with van der Waals surface area (Å²) >= 11 is 0. The summed E-state index contributed by atoms with van der Waals surface area (Å²) in [6.45, 7) is 0.730. The first-order valence-corrected chi connectivity index (χ1v) is 4.68. The number of rotatable bonds is 1. The molecule has 1 amide bonds. The summed E-state index contributed by atoms with van der Waals surface area (Å²) in [6.07, 6.45) is 3.54. The SMILES string of the molecule is O=C1C=CC[N+]1(P)c1ccccc1. The van der Waals surface area contributed by atoms with E-state index < -0.39 is 0 Å². The van der Waals surface area contributed by atoms with Crippen LogP contribution in [-0.4, -0.2) is 12.5 Å². The minimum absolute atomic E-state index is 0.121. The molecule has 0 aliphatic carbocycles. The third kappa shape index (κ3) is 1.32. The van der Waals surface area contributed by atoms with Crippen molar-refractivity contribution < 1.29 is 4.79 Å². The van der Waals surface area contributed by atoms with Crippen molar-refractivity contribution in [1.82, 2.24) is 4.25 Å². The maximum absolute atomic E-state index is 11.6. The summed E-state index contributed by atoms with van der Waals surface area (Å²) in [7, 11) is 2.61. The Labute approximate surface area is 79.7 Å². The third-order valence-electron chi connectivity index (χ3n) is 2.26. The summed E-state index contributed by atoms with van der Waals surface area (Å²) in [6, 6.07) is 9.79. The van der Waals surface area contributed by atoms with Crippen molar-refractivity contribution in [2.24, 2.45) is 0 Å². The summed E-state index contributed by atoms with van der Waals surface area (Å²) < 4.78 is 0.292. The molecule has 1 aliphatic heterocycles. The minimum atomic E-state index is 0.121. The van der Waals surface area contributed by atoms with E-state index in [2.05, 4.69) is 9.39 Å². The van der Waals surface area contributed by atoms with Gasteiger partial charge in [-0.25, -0.2) is 9.05 Å². The number of para-hydroxylation sites is 1. The van der Waals surface area contributed by atoms with Crippen LogP contribution in [-0.2, 0) is 4.79 Å². The number of hydrogen-bond donors (Lipinski definition) is 0. The lowest BCUT2D eigenvalue weighted by Gasteiger charge is -2.24. The van der Waals surface area contributed by atoms with E-state index >= 15 is 0 Å². The molecule has 0 radical (unpaired) electrons. The molecule has 3 heteroatoms. The Balaban J connectivity index is 2.42. The molecule has 1 aromatic carbocycles. The van der Waals surface area contributed by atoms with Gasteiger partial charge in [-0.15, -0.1) is 0 Å². The molecule has 0 saturated heterocycles. The van der Waals surface area contributed by atoms with E-state index in [-0.39, 0.29) is 5.91 Å². The predicted octanol–water partition coefficient (Wildman–Crippen LogP) is 1.88. The fraction of sp³-hybridized carbons (Fsp3) is 0.100. The lowest BCUT2D eigenvalue weighted by molar-refractivity contribution is -0.119. The standard InChI is InChI=1S/C10H11NOP/c12-10-7-4-8-11(10,13)9-5-2-1-3-6-9/h1-7H,8,13H2/q+1. The third-order valence-corrected chi connectivity index (χ3v) is 3.03. The Morgan fingerprint density at radius 3 is 2.46 bits per heavy atom. The second kappa shape index (κ2) is 3.06. The number of carbonyl (C=O) groups excluding carboxylic acids is 1. The van der Waals surface area contributed by atoms with E-state index in [1.54, 1.807) is 6.08 Å². The van der Waals surface area contributed by atoms with Crippen LogP contribution in [0.2, 0.25) is 0 Å². The quantitative estimate of drug-likeness (QED) is 0.621. The topological polar surface area (TPSA) is 17.1 Å². The monoisotopic (exact) mass is 192 g/mol. The number of hydrogen-bond acceptors (Lipinski definition) is 1. The van der Waals surface area contributed by atoms with Crippen LogP contribution in [0.4, 0.5) is 5.69 Å². The zero-order valence-corrected chi connectivity index (χ0v) is 8.34. The summed E-state index contributed by atoms with van der Waals surface area (Å²) in [5.41, 5.74) is 1.02. The molecule has 0 fully saturated rings. The molecule has 2 nitrogen and oxygen atoms in total. The molecule has 1 aliphatic rings. The van der Waals surface area contributed by atoms with Gasteiger partial charge in [0.05, 0.1) is 9.39 Å². The molecule has 0 aromatic heterocycles. The van der Waals surface area contributed by atoms with E-state index in [0.717, 1.165) is 12.2 Å². The maximum atomic E-state index is 11.6. The van der Waals surface area contributed by atoms with Crippen molar-refractivity contribution in [2.75, 3.05) is 6.54 Å². The van der Waals surface area contributed by atoms with E-state index in [1.165, 1.54) is 0 Å². The predicted molar refractivity (Wildman–Crippen MR) is 57.0 cm³/mol. The average Bonchev–Trinajstić information content (AvgIpc) is 2.50. The molecular formula is C10H11NOP+. The maximum Gasteiger partial charge on any atom is 0.344 e. The van der Waals surface area contributed by atoms with Gasteiger partial charge in [-0.3, -0.25) is 0 Å². The van der Waals surface area contributed by atoms with Gasteiger partial charge in [0.1, 0.15) is 12.2 Å². The van der Waals surface area contributed by atoms with Crippen molar-refractivity contribution in [3.63, 3.8) is 0 Å². The highest BCUT2D eigenvalue weighted by Gasteiger charge is 2.35. The largest absolute Gasteiger partial charge is 0.344 e. The number of quaternary nitrogens is 1. The molecule has 0 spiro atoms. The van der Waals surface area contributed by atoms with Crippen molar-refractivity contribution in [1.29, 1.82) is 0 Å². The summed E-state index contributed by atoms with van der Waals surface area (Å²) in [5.74, 6) is 0.121. The highest BCUT2D eigenvalue weighted by Crippen LogP contribution is 2.31. The highest BCUT2D eigenvalue weighted by atomic mass is 31.0. The molecule has 2 atom stereocenters. The molecule has 2 rings (SSSR count). The zero-order valence-electron chi connectivity index (χ0n) is 7.18. The second-order valence-corrected chi connectivity index (χ2v) is 4.01. The highest BCUT2D eigenvalue weighted by molar-refractivity contribution is 7.18. The van der Waals surface area contributed by atoms with Crippen molar-refractivity contribution in [3.05, 3.63) is 42.5 Å². The molecular weight excluding hydrogens is 181 g/mol. The van der Waals surface area contributed by atoms with Crippen molar-refractivity contribution in [2.45, 2.75) is 0 Å². The zero-order chi connectivity index (χ0) is 9.31. The van der Waals surface area contributed by atoms with E-state index in [4.69, 9.17) is 0 Å². The van der Waals surface area contributed by atoms with Gasteiger partial charge in [0.2, 0.25) is 0 Å². The van der Waals surface area contributed by atoms with Crippen LogP contribution in [0, 0.1) is 0 Å². The Morgan fingerprint density at radius 1 is 1.23 bits per heavy atom. The molecule has 66 valence electrons. The summed E-state index contributed by atoms with van der Waals surface area (Å²) in [4.78, 5) is 11.6.